The van der Waals surface area contributed by atoms with Crippen molar-refractivity contribution in [3.05, 3.63) is 47.5 Å². The summed E-state index contributed by atoms with van der Waals surface area (Å²) in [5.74, 6) is 1.50. The van der Waals surface area contributed by atoms with Gasteiger partial charge < -0.3 is 19.7 Å². The van der Waals surface area contributed by atoms with Gasteiger partial charge in [0.1, 0.15) is 0 Å². The molecule has 0 unspecified atom stereocenters. The number of anilines is 1. The molecule has 4 rings (SSSR count). The molecule has 1 aromatic heterocycles. The molecule has 1 aliphatic carbocycles. The van der Waals surface area contributed by atoms with Crippen molar-refractivity contribution >= 4 is 16.6 Å². The van der Waals surface area contributed by atoms with Crippen LogP contribution in [0.4, 0.5) is 5.69 Å². The highest BCUT2D eigenvalue weighted by molar-refractivity contribution is 5.98. The summed E-state index contributed by atoms with van der Waals surface area (Å²) in [6.45, 7) is 1.99. The monoisotopic (exact) mass is 377 g/mol. The van der Waals surface area contributed by atoms with Gasteiger partial charge in [-0.2, -0.15) is 0 Å². The number of nitrogens with one attached hydrogen (secondary N) is 1. The zero-order valence-corrected chi connectivity index (χ0v) is 17.0. The molecule has 0 saturated carbocycles. The van der Waals surface area contributed by atoms with Crippen LogP contribution in [0.1, 0.15) is 17.5 Å². The zero-order chi connectivity index (χ0) is 19.7. The van der Waals surface area contributed by atoms with Crippen LogP contribution in [0.2, 0.25) is 0 Å². The van der Waals surface area contributed by atoms with Crippen LogP contribution in [0.25, 0.3) is 22.2 Å². The van der Waals surface area contributed by atoms with Gasteiger partial charge in [0.15, 0.2) is 11.5 Å². The van der Waals surface area contributed by atoms with Crippen molar-refractivity contribution in [3.63, 3.8) is 0 Å². The molecular weight excluding hydrogens is 350 g/mol. The number of ether oxygens (including phenoxy) is 2. The average Bonchev–Trinajstić information content (AvgIpc) is 3.06. The summed E-state index contributed by atoms with van der Waals surface area (Å²) < 4.78 is 11.0. The van der Waals surface area contributed by atoms with Gasteiger partial charge in [-0.15, -0.1) is 0 Å². The average molecular weight is 377 g/mol. The fraction of sp³-hybridized carbons (Fsp3) is 0.348. The molecule has 0 fully saturated rings. The second kappa shape index (κ2) is 7.68. The first kappa shape index (κ1) is 18.6. The molecule has 0 saturated heterocycles. The van der Waals surface area contributed by atoms with Crippen molar-refractivity contribution in [1.29, 1.82) is 0 Å². The fourth-order valence-corrected chi connectivity index (χ4v) is 3.94. The normalized spacial score (nSPS) is 12.2. The van der Waals surface area contributed by atoms with Crippen molar-refractivity contribution in [2.45, 2.75) is 12.8 Å². The van der Waals surface area contributed by atoms with Gasteiger partial charge in [0.05, 0.1) is 25.4 Å². The lowest BCUT2D eigenvalue weighted by molar-refractivity contribution is 0.355. The molecule has 0 aliphatic heterocycles. The molecule has 5 heteroatoms. The second-order valence-corrected chi connectivity index (χ2v) is 7.46. The number of methoxy groups -OCH3 is 2. The minimum Gasteiger partial charge on any atom is -0.493 e. The first-order chi connectivity index (χ1) is 13.6. The quantitative estimate of drug-likeness (QED) is 0.490. The Morgan fingerprint density at radius 1 is 1.07 bits per heavy atom. The molecule has 1 aliphatic rings. The number of nitrogens with zero attached hydrogens (tertiary/aromatic N) is 2. The van der Waals surface area contributed by atoms with Gasteiger partial charge in [-0.1, -0.05) is 18.2 Å². The van der Waals surface area contributed by atoms with Crippen molar-refractivity contribution in [1.82, 2.24) is 9.88 Å². The number of fused-ring (bicyclic) bond motifs is 4. The van der Waals surface area contributed by atoms with Crippen molar-refractivity contribution in [3.8, 4) is 22.8 Å². The van der Waals surface area contributed by atoms with Crippen molar-refractivity contribution in [2.75, 3.05) is 46.7 Å². The Bertz CT molecular complexity index is 1010. The highest BCUT2D eigenvalue weighted by atomic mass is 16.5. The van der Waals surface area contributed by atoms with E-state index in [0.29, 0.717) is 0 Å². The molecule has 5 nitrogen and oxygen atoms in total. The van der Waals surface area contributed by atoms with E-state index in [1.54, 1.807) is 14.2 Å². The minimum absolute atomic E-state index is 0.740. The summed E-state index contributed by atoms with van der Waals surface area (Å²) in [6.07, 6.45) is 1.94. The molecular formula is C23H27N3O2. The molecule has 28 heavy (non-hydrogen) atoms. The number of pyridine rings is 1. The van der Waals surface area contributed by atoms with E-state index in [9.17, 15) is 0 Å². The molecule has 2 aromatic carbocycles. The standard InChI is InChI=1S/C23H27N3O2/c1-26(2)11-7-10-24-22-16-8-5-6-9-19(16)25-23-17-14-21(28-4)20(27-3)13-15(17)12-18(22)23/h5-6,8-9,13-14H,7,10-12H2,1-4H3,(H,24,25). The van der Waals surface area contributed by atoms with Gasteiger partial charge in [-0.25, -0.2) is 4.98 Å². The Morgan fingerprint density at radius 3 is 2.57 bits per heavy atom. The van der Waals surface area contributed by atoms with E-state index in [0.717, 1.165) is 54.2 Å². The Morgan fingerprint density at radius 2 is 1.82 bits per heavy atom. The Balaban J connectivity index is 1.79. The summed E-state index contributed by atoms with van der Waals surface area (Å²) in [5.41, 5.74) is 6.88. The minimum atomic E-state index is 0.740. The molecule has 0 amide bonds. The van der Waals surface area contributed by atoms with Crippen molar-refractivity contribution < 1.29 is 9.47 Å². The predicted octanol–water partition coefficient (Wildman–Crippen LogP) is 4.19. The number of aromatic nitrogens is 1. The predicted molar refractivity (Wildman–Crippen MR) is 115 cm³/mol. The number of benzene rings is 2. The lowest BCUT2D eigenvalue weighted by Gasteiger charge is -2.16. The third-order valence-electron chi connectivity index (χ3n) is 5.31. The summed E-state index contributed by atoms with van der Waals surface area (Å²) in [4.78, 5) is 7.21. The van der Waals surface area contributed by atoms with E-state index in [-0.39, 0.29) is 0 Å². The molecule has 0 radical (unpaired) electrons. The van der Waals surface area contributed by atoms with Gasteiger partial charge in [-0.05, 0) is 50.8 Å². The second-order valence-electron chi connectivity index (χ2n) is 7.46. The van der Waals surface area contributed by atoms with Gasteiger partial charge in [0, 0.05) is 35.2 Å². The fourth-order valence-electron chi connectivity index (χ4n) is 3.94. The molecule has 3 aromatic rings. The molecule has 0 bridgehead atoms. The SMILES string of the molecule is COc1cc2c(cc1OC)-c1nc3ccccc3c(NCCCN(C)C)c1C2. The third kappa shape index (κ3) is 3.27. The van der Waals surface area contributed by atoms with E-state index < -0.39 is 0 Å². The topological polar surface area (TPSA) is 46.6 Å². The van der Waals surface area contributed by atoms with Crippen LogP contribution in [-0.4, -0.2) is 51.3 Å². The van der Waals surface area contributed by atoms with E-state index >= 15 is 0 Å². The lowest BCUT2D eigenvalue weighted by Crippen LogP contribution is -2.17. The van der Waals surface area contributed by atoms with E-state index in [1.165, 1.54) is 22.2 Å². The number of para-hydroxylation sites is 1. The first-order valence-electron chi connectivity index (χ1n) is 9.68. The number of hydrogen-bond acceptors (Lipinski definition) is 5. The molecule has 0 spiro atoms. The smallest absolute Gasteiger partial charge is 0.161 e. The molecule has 1 N–H and O–H groups in total. The molecule has 0 atom stereocenters. The summed E-state index contributed by atoms with van der Waals surface area (Å²) >= 11 is 0. The first-order valence-corrected chi connectivity index (χ1v) is 9.68. The van der Waals surface area contributed by atoms with Crippen LogP contribution in [0.15, 0.2) is 36.4 Å². The van der Waals surface area contributed by atoms with E-state index in [1.807, 2.05) is 6.07 Å². The van der Waals surface area contributed by atoms with Gasteiger partial charge in [0.25, 0.3) is 0 Å². The summed E-state index contributed by atoms with van der Waals surface area (Å²) in [7, 11) is 7.57. The lowest BCUT2D eigenvalue weighted by atomic mass is 10.1. The van der Waals surface area contributed by atoms with Crippen LogP contribution in [0, 0.1) is 0 Å². The maximum absolute atomic E-state index is 5.52. The van der Waals surface area contributed by atoms with Crippen LogP contribution >= 0.6 is 0 Å². The Labute approximate surface area is 166 Å². The maximum Gasteiger partial charge on any atom is 0.161 e. The van der Waals surface area contributed by atoms with Gasteiger partial charge in [-0.3, -0.25) is 0 Å². The van der Waals surface area contributed by atoms with Crippen LogP contribution in [0.3, 0.4) is 0 Å². The Kier molecular flexibility index (Phi) is 5.09. The van der Waals surface area contributed by atoms with Gasteiger partial charge >= 0.3 is 0 Å². The third-order valence-corrected chi connectivity index (χ3v) is 5.31. The van der Waals surface area contributed by atoms with E-state index in [4.69, 9.17) is 14.5 Å². The molecule has 146 valence electrons. The maximum atomic E-state index is 5.52. The highest BCUT2D eigenvalue weighted by Crippen LogP contribution is 2.46. The summed E-state index contributed by atoms with van der Waals surface area (Å²) in [6, 6.07) is 12.5. The van der Waals surface area contributed by atoms with E-state index in [2.05, 4.69) is 54.6 Å². The Hall–Kier alpha value is -2.79. The highest BCUT2D eigenvalue weighted by Gasteiger charge is 2.26. The summed E-state index contributed by atoms with van der Waals surface area (Å²) in [5, 5.41) is 4.88. The van der Waals surface area contributed by atoms with Crippen LogP contribution in [0.5, 0.6) is 11.5 Å². The number of rotatable bonds is 7. The zero-order valence-electron chi connectivity index (χ0n) is 17.0. The molecule has 1 heterocycles. The van der Waals surface area contributed by atoms with Crippen LogP contribution in [-0.2, 0) is 6.42 Å². The van der Waals surface area contributed by atoms with Crippen LogP contribution < -0.4 is 14.8 Å². The number of hydrogen-bond donors (Lipinski definition) is 1. The largest absolute Gasteiger partial charge is 0.493 e. The van der Waals surface area contributed by atoms with Gasteiger partial charge in [0.2, 0.25) is 0 Å². The van der Waals surface area contributed by atoms with Crippen molar-refractivity contribution in [2.24, 2.45) is 0 Å².